The van der Waals surface area contributed by atoms with Crippen LogP contribution in [0.4, 0.5) is 5.69 Å². The van der Waals surface area contributed by atoms with Crippen molar-refractivity contribution >= 4 is 5.69 Å². The van der Waals surface area contributed by atoms with Crippen LogP contribution in [0.3, 0.4) is 0 Å². The van der Waals surface area contributed by atoms with Crippen LogP contribution < -0.4 is 14.4 Å². The molecule has 0 N–H and O–H groups in total. The average molecular weight is 490 g/mol. The van der Waals surface area contributed by atoms with Crippen LogP contribution in [-0.4, -0.2) is 13.3 Å². The van der Waals surface area contributed by atoms with Crippen molar-refractivity contribution in [3.05, 3.63) is 125 Å². The van der Waals surface area contributed by atoms with E-state index in [-0.39, 0.29) is 5.41 Å². The molecule has 6 rings (SSSR count). The second-order valence-electron chi connectivity index (χ2n) is 10.9. The van der Waals surface area contributed by atoms with Crippen molar-refractivity contribution in [1.82, 2.24) is 0 Å². The molecule has 0 saturated heterocycles. The molecule has 2 aliphatic heterocycles. The van der Waals surface area contributed by atoms with Crippen LogP contribution in [0.2, 0.25) is 0 Å². The molecule has 0 radical (unpaired) electrons. The van der Waals surface area contributed by atoms with Gasteiger partial charge < -0.3 is 14.4 Å². The van der Waals surface area contributed by atoms with E-state index in [2.05, 4.69) is 116 Å². The summed E-state index contributed by atoms with van der Waals surface area (Å²) in [5.41, 5.74) is 7.66. The predicted molar refractivity (Wildman–Crippen MR) is 151 cm³/mol. The van der Waals surface area contributed by atoms with Crippen molar-refractivity contribution in [2.45, 2.75) is 51.0 Å². The van der Waals surface area contributed by atoms with E-state index in [0.717, 1.165) is 43.9 Å². The fourth-order valence-electron chi connectivity index (χ4n) is 5.75. The highest BCUT2D eigenvalue weighted by atomic mass is 16.5. The van der Waals surface area contributed by atoms with Gasteiger partial charge in [0.25, 0.3) is 0 Å². The van der Waals surface area contributed by atoms with E-state index in [4.69, 9.17) is 9.47 Å². The maximum atomic E-state index is 6.26. The summed E-state index contributed by atoms with van der Waals surface area (Å²) in [5, 5.41) is 0. The first-order valence-electron chi connectivity index (χ1n) is 13.5. The molecule has 1 atom stereocenters. The molecule has 3 nitrogen and oxygen atoms in total. The Kier molecular flexibility index (Phi) is 6.38. The second kappa shape index (κ2) is 9.97. The van der Waals surface area contributed by atoms with Crippen molar-refractivity contribution in [2.24, 2.45) is 0 Å². The molecule has 2 aliphatic rings. The zero-order valence-electron chi connectivity index (χ0n) is 21.8. The molecule has 4 aromatic rings. The number of hydrogen-bond donors (Lipinski definition) is 0. The molecular formula is C34H35NO2. The lowest BCUT2D eigenvalue weighted by Gasteiger charge is -2.33. The largest absolute Gasteiger partial charge is 0.493 e. The minimum Gasteiger partial charge on any atom is -0.493 e. The quantitative estimate of drug-likeness (QED) is 0.291. The van der Waals surface area contributed by atoms with Gasteiger partial charge in [0.15, 0.2) is 6.73 Å². The first kappa shape index (κ1) is 23.7. The van der Waals surface area contributed by atoms with Crippen LogP contribution in [0.15, 0.2) is 97.1 Å². The first-order valence-corrected chi connectivity index (χ1v) is 13.5. The SMILES string of the molecule is CC(C)(c1ccc2c(c1)CCC(c1ccccc1)CCO2)c1ccc2c(c1)CN(c1ccccc1)CO2. The Bertz CT molecular complexity index is 1360. The van der Waals surface area contributed by atoms with Gasteiger partial charge in [-0.2, -0.15) is 0 Å². The number of ether oxygens (including phenoxy) is 2. The molecule has 1 unspecified atom stereocenters. The molecule has 37 heavy (non-hydrogen) atoms. The van der Waals surface area contributed by atoms with E-state index in [1.165, 1.54) is 33.5 Å². The predicted octanol–water partition coefficient (Wildman–Crippen LogP) is 7.87. The molecule has 0 spiro atoms. The zero-order chi connectivity index (χ0) is 25.2. The van der Waals surface area contributed by atoms with Crippen LogP contribution >= 0.6 is 0 Å². The van der Waals surface area contributed by atoms with Gasteiger partial charge in [0.1, 0.15) is 11.5 Å². The number of benzene rings is 4. The number of aryl methyl sites for hydroxylation is 1. The molecule has 0 bridgehead atoms. The molecule has 0 aliphatic carbocycles. The number of hydrogen-bond acceptors (Lipinski definition) is 3. The molecule has 0 aromatic heterocycles. The van der Waals surface area contributed by atoms with Crippen molar-refractivity contribution in [2.75, 3.05) is 18.2 Å². The molecule has 3 heteroatoms. The lowest BCUT2D eigenvalue weighted by Crippen LogP contribution is -2.32. The van der Waals surface area contributed by atoms with Crippen LogP contribution in [0.5, 0.6) is 11.5 Å². The Hall–Kier alpha value is -3.72. The number of fused-ring (bicyclic) bond motifs is 2. The van der Waals surface area contributed by atoms with Crippen molar-refractivity contribution in [1.29, 1.82) is 0 Å². The Morgan fingerprint density at radius 1 is 0.703 bits per heavy atom. The maximum absolute atomic E-state index is 6.26. The van der Waals surface area contributed by atoms with E-state index in [9.17, 15) is 0 Å². The van der Waals surface area contributed by atoms with Gasteiger partial charge in [-0.05, 0) is 77.8 Å². The van der Waals surface area contributed by atoms with Gasteiger partial charge in [-0.1, -0.05) is 80.6 Å². The Labute approximate surface area is 220 Å². The molecule has 0 amide bonds. The molecular weight excluding hydrogens is 454 g/mol. The minimum atomic E-state index is -0.139. The van der Waals surface area contributed by atoms with E-state index >= 15 is 0 Å². The average Bonchev–Trinajstić information content (AvgIpc) is 2.93. The van der Waals surface area contributed by atoms with Crippen molar-refractivity contribution in [3.8, 4) is 11.5 Å². The number of nitrogens with zero attached hydrogens (tertiary/aromatic N) is 1. The fourth-order valence-corrected chi connectivity index (χ4v) is 5.75. The summed E-state index contributed by atoms with van der Waals surface area (Å²) in [4.78, 5) is 2.28. The van der Waals surface area contributed by atoms with Gasteiger partial charge in [0.05, 0.1) is 6.61 Å². The van der Waals surface area contributed by atoms with E-state index in [0.29, 0.717) is 12.6 Å². The van der Waals surface area contributed by atoms with Crippen LogP contribution in [0.25, 0.3) is 0 Å². The van der Waals surface area contributed by atoms with Gasteiger partial charge in [-0.25, -0.2) is 0 Å². The summed E-state index contributed by atoms with van der Waals surface area (Å²) in [7, 11) is 0. The lowest BCUT2D eigenvalue weighted by atomic mass is 9.76. The van der Waals surface area contributed by atoms with E-state index in [1.807, 2.05) is 0 Å². The molecule has 188 valence electrons. The second-order valence-corrected chi connectivity index (χ2v) is 10.9. The highest BCUT2D eigenvalue weighted by Crippen LogP contribution is 2.39. The topological polar surface area (TPSA) is 21.7 Å². The lowest BCUT2D eigenvalue weighted by molar-refractivity contribution is 0.282. The highest BCUT2D eigenvalue weighted by Gasteiger charge is 2.28. The first-order chi connectivity index (χ1) is 18.1. The Morgan fingerprint density at radius 3 is 2.08 bits per heavy atom. The molecule has 0 fully saturated rings. The third kappa shape index (κ3) is 4.83. The smallest absolute Gasteiger partial charge is 0.161 e. The van der Waals surface area contributed by atoms with E-state index < -0.39 is 0 Å². The van der Waals surface area contributed by atoms with Crippen LogP contribution in [-0.2, 0) is 18.4 Å². The van der Waals surface area contributed by atoms with Gasteiger partial charge in [-0.3, -0.25) is 0 Å². The number of rotatable bonds is 4. The van der Waals surface area contributed by atoms with Gasteiger partial charge in [0.2, 0.25) is 0 Å². The summed E-state index contributed by atoms with van der Waals surface area (Å²) in [6, 6.07) is 34.9. The summed E-state index contributed by atoms with van der Waals surface area (Å²) in [5.74, 6) is 2.58. The number of para-hydroxylation sites is 1. The standard InChI is InChI=1S/C34H35NO2/c1-34(2,30-16-18-33-28(22-30)23-35(24-37-33)31-11-7-4-8-12-31)29-15-17-32-27(21-29)14-13-26(19-20-36-32)25-9-5-3-6-10-25/h3-12,15-18,21-22,26H,13-14,19-20,23-24H2,1-2H3. The Balaban J connectivity index is 1.25. The summed E-state index contributed by atoms with van der Waals surface area (Å²) >= 11 is 0. The molecule has 4 aromatic carbocycles. The summed E-state index contributed by atoms with van der Waals surface area (Å²) in [6.45, 7) is 6.84. The summed E-state index contributed by atoms with van der Waals surface area (Å²) in [6.07, 6.45) is 3.24. The van der Waals surface area contributed by atoms with Gasteiger partial charge >= 0.3 is 0 Å². The van der Waals surface area contributed by atoms with E-state index in [1.54, 1.807) is 0 Å². The van der Waals surface area contributed by atoms with Crippen LogP contribution in [0, 0.1) is 0 Å². The third-order valence-corrected chi connectivity index (χ3v) is 8.18. The monoisotopic (exact) mass is 489 g/mol. The number of anilines is 1. The van der Waals surface area contributed by atoms with Gasteiger partial charge in [-0.15, -0.1) is 0 Å². The van der Waals surface area contributed by atoms with Gasteiger partial charge in [0, 0.05) is 23.2 Å². The summed E-state index contributed by atoms with van der Waals surface area (Å²) < 4.78 is 12.4. The molecule has 0 saturated carbocycles. The highest BCUT2D eigenvalue weighted by molar-refractivity contribution is 5.52. The Morgan fingerprint density at radius 2 is 1.35 bits per heavy atom. The maximum Gasteiger partial charge on any atom is 0.161 e. The van der Waals surface area contributed by atoms with Crippen LogP contribution in [0.1, 0.15) is 60.4 Å². The zero-order valence-corrected chi connectivity index (χ0v) is 21.8. The van der Waals surface area contributed by atoms with Crippen molar-refractivity contribution < 1.29 is 9.47 Å². The third-order valence-electron chi connectivity index (χ3n) is 8.18. The normalized spacial score (nSPS) is 17.5. The minimum absolute atomic E-state index is 0.139. The van der Waals surface area contributed by atoms with Crippen molar-refractivity contribution in [3.63, 3.8) is 0 Å². The molecule has 2 heterocycles. The fraction of sp³-hybridized carbons (Fsp3) is 0.294.